The van der Waals surface area contributed by atoms with Gasteiger partial charge in [0.1, 0.15) is 0 Å². The van der Waals surface area contributed by atoms with E-state index in [2.05, 4.69) is 147 Å². The number of fused-ring (bicyclic) bond motifs is 8. The summed E-state index contributed by atoms with van der Waals surface area (Å²) in [5, 5.41) is 2.59. The smallest absolute Gasteiger partial charge is 0.399 e. The molecule has 1 unspecified atom stereocenters. The van der Waals surface area contributed by atoms with E-state index in [0.29, 0.717) is 5.56 Å². The van der Waals surface area contributed by atoms with Gasteiger partial charge in [0.2, 0.25) is 0 Å². The number of nitrogens with zero attached hydrogens (tertiary/aromatic N) is 5. The molecule has 11 rings (SSSR count). The van der Waals surface area contributed by atoms with Gasteiger partial charge >= 0.3 is 6.98 Å². The molecule has 0 saturated carbocycles. The molecule has 3 aromatic heterocycles. The van der Waals surface area contributed by atoms with Crippen LogP contribution in [0.15, 0.2) is 103 Å². The molecule has 0 amide bonds. The van der Waals surface area contributed by atoms with E-state index in [1.54, 1.807) is 0 Å². The number of rotatable bonds is 1. The predicted molar refractivity (Wildman–Crippen MR) is 233 cm³/mol. The quantitative estimate of drug-likeness (QED) is 0.0935. The molecule has 5 nitrogen and oxygen atoms in total. The molecule has 1 aliphatic carbocycles. The van der Waals surface area contributed by atoms with Crippen LogP contribution in [-0.2, 0) is 36.4 Å². The maximum absolute atomic E-state index is 8.41. The second kappa shape index (κ2) is 13.0. The molecule has 3 aliphatic rings. The molecule has 5 aromatic carbocycles. The zero-order chi connectivity index (χ0) is 41.4. The summed E-state index contributed by atoms with van der Waals surface area (Å²) in [6, 6.07) is 37.9. The third-order valence-corrected chi connectivity index (χ3v) is 13.9. The van der Waals surface area contributed by atoms with Crippen molar-refractivity contribution in [2.45, 2.75) is 84.4 Å². The summed E-state index contributed by atoms with van der Waals surface area (Å²) in [5.74, 6) is 0.987. The van der Waals surface area contributed by atoms with Crippen LogP contribution < -0.4 is 10.3 Å². The molecule has 0 N–H and O–H groups in total. The summed E-state index contributed by atoms with van der Waals surface area (Å²) >= 11 is 0. The Morgan fingerprint density at radius 2 is 1.56 bits per heavy atom. The Bertz CT molecular complexity index is 3010. The van der Waals surface area contributed by atoms with Crippen LogP contribution in [0.25, 0.3) is 50.0 Å². The van der Waals surface area contributed by atoms with Crippen molar-refractivity contribution in [1.82, 2.24) is 18.8 Å². The fourth-order valence-corrected chi connectivity index (χ4v) is 10.4. The Balaban J connectivity index is 0.000000172. The maximum Gasteiger partial charge on any atom is 0.399 e. The first kappa shape index (κ1) is 34.1. The van der Waals surface area contributed by atoms with Crippen LogP contribution in [0.1, 0.15) is 85.1 Å². The van der Waals surface area contributed by atoms with Crippen LogP contribution in [0.5, 0.6) is 0 Å². The van der Waals surface area contributed by atoms with Crippen molar-refractivity contribution in [2.24, 2.45) is 0 Å². The van der Waals surface area contributed by atoms with Gasteiger partial charge in [-0.1, -0.05) is 123 Å². The molecule has 1 radical (unpaired) electrons. The van der Waals surface area contributed by atoms with E-state index in [1.165, 1.54) is 44.7 Å². The number of aryl methyl sites for hydroxylation is 3. The van der Waals surface area contributed by atoms with E-state index >= 15 is 0 Å². The van der Waals surface area contributed by atoms with Crippen LogP contribution in [0.3, 0.4) is 0 Å². The minimum Gasteiger partial charge on any atom is -0.436 e. The number of benzene rings is 5. The van der Waals surface area contributed by atoms with Crippen molar-refractivity contribution >= 4 is 45.5 Å². The molecule has 0 spiro atoms. The molecular weight excluding hydrogens is 874 g/mol. The minimum absolute atomic E-state index is 0. The van der Waals surface area contributed by atoms with Crippen molar-refractivity contribution in [3.05, 3.63) is 149 Å². The van der Waals surface area contributed by atoms with Crippen molar-refractivity contribution < 1.29 is 24.2 Å². The topological polar surface area (TPSA) is 38.4 Å². The summed E-state index contributed by atoms with van der Waals surface area (Å²) in [5.41, 5.74) is 13.9. The molecular formula is C50H48BIrN5-2. The van der Waals surface area contributed by atoms with Gasteiger partial charge in [-0.2, -0.15) is 0 Å². The summed E-state index contributed by atoms with van der Waals surface area (Å²) in [6.45, 7) is 14.0. The van der Waals surface area contributed by atoms with Gasteiger partial charge in [-0.05, 0) is 68.0 Å². The normalized spacial score (nSPS) is 19.3. The number of hydrogen-bond acceptors (Lipinski definition) is 3. The fraction of sp³-hybridized carbons (Fsp3) is 0.280. The first-order valence-electron chi connectivity index (χ1n) is 21.3. The Morgan fingerprint density at radius 3 is 2.35 bits per heavy atom. The molecule has 7 heteroatoms. The minimum atomic E-state index is -2.23. The molecule has 287 valence electrons. The monoisotopic (exact) mass is 925 g/mol. The third-order valence-electron chi connectivity index (χ3n) is 13.9. The number of hydrogen-bond donors (Lipinski definition) is 0. The van der Waals surface area contributed by atoms with Gasteiger partial charge < -0.3 is 13.7 Å². The van der Waals surface area contributed by atoms with E-state index in [1.807, 2.05) is 42.6 Å². The van der Waals surface area contributed by atoms with E-state index in [0.717, 1.165) is 57.2 Å². The Morgan fingerprint density at radius 1 is 0.807 bits per heavy atom. The second-order valence-electron chi connectivity index (χ2n) is 17.6. The Labute approximate surface area is 354 Å². The van der Waals surface area contributed by atoms with Gasteiger partial charge in [0.15, 0.2) is 0 Å². The summed E-state index contributed by atoms with van der Waals surface area (Å²) < 4.78 is 29.8. The SMILES string of the molecule is Cc1cccc(C)c1B1N(C)c2ccc[c-]c2-c2nccn21.[2H]C([2H])([2H])c1ccc2c3c1c1ccc[c-]c1c1nc4c(n13)C(C)(CCC(C)(C)c1ccccc1-4)C2(C)C.[Ir]. The first-order valence-corrected chi connectivity index (χ1v) is 19.8. The van der Waals surface area contributed by atoms with Crippen LogP contribution in [0.2, 0.25) is 0 Å². The molecule has 8 aromatic rings. The van der Waals surface area contributed by atoms with Crippen molar-refractivity contribution in [3.63, 3.8) is 0 Å². The number of pyridine rings is 1. The summed E-state index contributed by atoms with van der Waals surface area (Å²) in [7, 11) is 2.14. The zero-order valence-electron chi connectivity index (χ0n) is 36.9. The van der Waals surface area contributed by atoms with Crippen LogP contribution in [0, 0.1) is 32.8 Å². The second-order valence-corrected chi connectivity index (χ2v) is 17.6. The number of aromatic nitrogens is 4. The van der Waals surface area contributed by atoms with Gasteiger partial charge in [-0.3, -0.25) is 9.97 Å². The Hall–Kier alpha value is -4.97. The van der Waals surface area contributed by atoms with E-state index in [4.69, 9.17) is 9.10 Å². The van der Waals surface area contributed by atoms with E-state index < -0.39 is 6.85 Å². The fourth-order valence-electron chi connectivity index (χ4n) is 10.4. The average molecular weight is 925 g/mol. The van der Waals surface area contributed by atoms with Crippen molar-refractivity contribution in [1.29, 1.82) is 0 Å². The van der Waals surface area contributed by atoms with E-state index in [9.17, 15) is 0 Å². The molecule has 0 bridgehead atoms. The van der Waals surface area contributed by atoms with Gasteiger partial charge in [0.05, 0.1) is 11.3 Å². The maximum atomic E-state index is 8.41. The van der Waals surface area contributed by atoms with E-state index in [-0.39, 0.29) is 43.3 Å². The summed E-state index contributed by atoms with van der Waals surface area (Å²) in [4.78, 5) is 12.3. The predicted octanol–water partition coefficient (Wildman–Crippen LogP) is 10.7. The Kier molecular flexibility index (Phi) is 7.79. The van der Waals surface area contributed by atoms with Crippen molar-refractivity contribution in [2.75, 3.05) is 11.9 Å². The molecule has 1 atom stereocenters. The molecule has 5 heterocycles. The molecule has 0 saturated heterocycles. The summed E-state index contributed by atoms with van der Waals surface area (Å²) in [6.07, 6.45) is 5.98. The first-order chi connectivity index (χ1) is 28.1. The number of anilines is 1. The largest absolute Gasteiger partial charge is 0.436 e. The standard InChI is InChI=1S/C32H31N2.C18H17BN3.Ir/c1-19-15-16-24-27-25(19)20-11-7-8-12-21(20)29-33-26-22-13-9-10-14-23(22)30(2,3)17-18-32(6,31(24,4)5)28(26)34(27)29;1-13-7-6-8-14(2)17(13)19-21(3)16-10-5-4-9-15(16)18-20-11-12-22(18)19;/h7-11,13-16H,17-18H2,1-6H3;4-8,10-12H,1-3H3;/q2*-1;/i1D3;;. The van der Waals surface area contributed by atoms with Gasteiger partial charge in [-0.25, -0.2) is 0 Å². The van der Waals surface area contributed by atoms with Gasteiger partial charge in [0.25, 0.3) is 0 Å². The van der Waals surface area contributed by atoms with Crippen LogP contribution >= 0.6 is 0 Å². The van der Waals surface area contributed by atoms with Gasteiger partial charge in [-0.15, -0.1) is 53.9 Å². The van der Waals surface area contributed by atoms with Crippen LogP contribution in [-0.4, -0.2) is 32.9 Å². The molecule has 57 heavy (non-hydrogen) atoms. The molecule has 0 fully saturated rings. The third kappa shape index (κ3) is 5.11. The number of imidazole rings is 2. The average Bonchev–Trinajstić information content (AvgIpc) is 3.87. The van der Waals surface area contributed by atoms with Gasteiger partial charge in [0, 0.05) is 70.0 Å². The molecule has 2 aliphatic heterocycles. The van der Waals surface area contributed by atoms with Crippen molar-refractivity contribution in [3.8, 4) is 22.6 Å². The van der Waals surface area contributed by atoms with Crippen LogP contribution in [0.4, 0.5) is 5.69 Å². The zero-order valence-corrected chi connectivity index (χ0v) is 36.3.